The van der Waals surface area contributed by atoms with Crippen LogP contribution in [0.5, 0.6) is 0 Å². The highest BCUT2D eigenvalue weighted by molar-refractivity contribution is 9.10. The molecule has 1 aromatic carbocycles. The average molecular weight is 282 g/mol. The van der Waals surface area contributed by atoms with Crippen LogP contribution in [0.4, 0.5) is 0 Å². The van der Waals surface area contributed by atoms with Gasteiger partial charge in [0.25, 0.3) is 5.91 Å². The Morgan fingerprint density at radius 3 is 2.88 bits per heavy atom. The maximum absolute atomic E-state index is 12.3. The van der Waals surface area contributed by atoms with Crippen LogP contribution in [0, 0.1) is 12.8 Å². The van der Waals surface area contributed by atoms with E-state index in [1.807, 2.05) is 30.0 Å². The van der Waals surface area contributed by atoms with Crippen molar-refractivity contribution in [3.8, 4) is 0 Å². The van der Waals surface area contributed by atoms with Gasteiger partial charge in [-0.05, 0) is 37.0 Å². The summed E-state index contributed by atoms with van der Waals surface area (Å²) in [6.45, 7) is 5.97. The number of rotatable bonds is 1. The van der Waals surface area contributed by atoms with Gasteiger partial charge in [-0.1, -0.05) is 28.9 Å². The summed E-state index contributed by atoms with van der Waals surface area (Å²) in [5.74, 6) is 0.805. The highest BCUT2D eigenvalue weighted by Gasteiger charge is 2.24. The van der Waals surface area contributed by atoms with Crippen LogP contribution >= 0.6 is 15.9 Å². The molecule has 1 aliphatic heterocycles. The summed E-state index contributed by atoms with van der Waals surface area (Å²) in [4.78, 5) is 14.2. The topological polar surface area (TPSA) is 20.3 Å². The van der Waals surface area contributed by atoms with Crippen molar-refractivity contribution in [2.75, 3.05) is 13.1 Å². The summed E-state index contributed by atoms with van der Waals surface area (Å²) in [6, 6.07) is 5.87. The van der Waals surface area contributed by atoms with Crippen molar-refractivity contribution < 1.29 is 4.79 Å². The van der Waals surface area contributed by atoms with E-state index in [1.54, 1.807) is 0 Å². The van der Waals surface area contributed by atoms with Crippen LogP contribution in [-0.2, 0) is 0 Å². The molecule has 0 radical (unpaired) electrons. The molecule has 3 heteroatoms. The summed E-state index contributed by atoms with van der Waals surface area (Å²) < 4.78 is 0.966. The zero-order valence-corrected chi connectivity index (χ0v) is 11.3. The van der Waals surface area contributed by atoms with Crippen LogP contribution in [0.1, 0.15) is 29.3 Å². The predicted octanol–water partition coefficient (Wildman–Crippen LogP) is 3.24. The number of likely N-dealkylation sites (tertiary alicyclic amines) is 1. The van der Waals surface area contributed by atoms with E-state index in [9.17, 15) is 4.79 Å². The minimum absolute atomic E-state index is 0.170. The second-order valence-corrected chi connectivity index (χ2v) is 5.52. The first-order chi connectivity index (χ1) is 7.58. The molecule has 16 heavy (non-hydrogen) atoms. The van der Waals surface area contributed by atoms with Gasteiger partial charge in [-0.15, -0.1) is 0 Å². The van der Waals surface area contributed by atoms with E-state index in [0.29, 0.717) is 5.92 Å². The zero-order chi connectivity index (χ0) is 11.7. The molecule has 0 spiro atoms. The third-order valence-corrected chi connectivity index (χ3v) is 3.63. The number of amides is 1. The smallest absolute Gasteiger partial charge is 0.254 e. The third-order valence-electron chi connectivity index (χ3n) is 3.14. The molecule has 0 saturated carbocycles. The summed E-state index contributed by atoms with van der Waals surface area (Å²) in [6.07, 6.45) is 1.12. The first kappa shape index (κ1) is 11.6. The van der Waals surface area contributed by atoms with Gasteiger partial charge in [0, 0.05) is 23.1 Å². The van der Waals surface area contributed by atoms with Crippen molar-refractivity contribution in [2.24, 2.45) is 5.92 Å². The minimum Gasteiger partial charge on any atom is -0.338 e. The zero-order valence-electron chi connectivity index (χ0n) is 9.66. The lowest BCUT2D eigenvalue weighted by Crippen LogP contribution is -2.29. The Hall–Kier alpha value is -0.830. The Bertz CT molecular complexity index is 416. The average Bonchev–Trinajstić information content (AvgIpc) is 2.67. The molecule has 1 atom stereocenters. The van der Waals surface area contributed by atoms with E-state index < -0.39 is 0 Å². The van der Waals surface area contributed by atoms with Crippen LogP contribution in [0.25, 0.3) is 0 Å². The quantitative estimate of drug-likeness (QED) is 0.774. The van der Waals surface area contributed by atoms with Crippen LogP contribution in [0.2, 0.25) is 0 Å². The van der Waals surface area contributed by atoms with Crippen LogP contribution in [0.3, 0.4) is 0 Å². The van der Waals surface area contributed by atoms with Gasteiger partial charge in [0.2, 0.25) is 0 Å². The molecule has 2 rings (SSSR count). The van der Waals surface area contributed by atoms with Crippen LogP contribution < -0.4 is 0 Å². The normalized spacial score (nSPS) is 20.2. The van der Waals surface area contributed by atoms with Gasteiger partial charge in [-0.3, -0.25) is 4.79 Å². The minimum atomic E-state index is 0.170. The number of carbonyl (C=O) groups is 1. The van der Waals surface area contributed by atoms with Gasteiger partial charge in [0.15, 0.2) is 0 Å². The number of aryl methyl sites for hydroxylation is 1. The fourth-order valence-electron chi connectivity index (χ4n) is 2.11. The predicted molar refractivity (Wildman–Crippen MR) is 68.6 cm³/mol. The molecule has 1 aliphatic rings. The fraction of sp³-hybridized carbons (Fsp3) is 0.462. The second kappa shape index (κ2) is 4.58. The molecule has 2 nitrogen and oxygen atoms in total. The molecule has 1 saturated heterocycles. The van der Waals surface area contributed by atoms with Crippen molar-refractivity contribution in [1.82, 2.24) is 4.90 Å². The van der Waals surface area contributed by atoms with E-state index in [2.05, 4.69) is 22.9 Å². The molecule has 0 aliphatic carbocycles. The van der Waals surface area contributed by atoms with E-state index in [0.717, 1.165) is 35.1 Å². The Labute approximate surface area is 105 Å². The van der Waals surface area contributed by atoms with E-state index >= 15 is 0 Å². The van der Waals surface area contributed by atoms with Crippen molar-refractivity contribution in [2.45, 2.75) is 20.3 Å². The van der Waals surface area contributed by atoms with Crippen LogP contribution in [-0.4, -0.2) is 23.9 Å². The molecule has 86 valence electrons. The number of hydrogen-bond acceptors (Lipinski definition) is 1. The lowest BCUT2D eigenvalue weighted by Gasteiger charge is -2.17. The van der Waals surface area contributed by atoms with Crippen LogP contribution in [0.15, 0.2) is 22.7 Å². The number of hydrogen-bond donors (Lipinski definition) is 0. The number of benzene rings is 1. The molecule has 1 unspecified atom stereocenters. The Balaban J connectivity index is 2.23. The summed E-state index contributed by atoms with van der Waals surface area (Å²) in [5, 5.41) is 0. The fourth-order valence-corrected chi connectivity index (χ4v) is 2.48. The number of halogens is 1. The number of nitrogens with zero attached hydrogens (tertiary/aromatic N) is 1. The lowest BCUT2D eigenvalue weighted by atomic mass is 10.1. The Kier molecular flexibility index (Phi) is 3.33. The van der Waals surface area contributed by atoms with Crippen molar-refractivity contribution in [3.63, 3.8) is 0 Å². The molecular formula is C13H16BrNO. The Morgan fingerprint density at radius 2 is 2.25 bits per heavy atom. The summed E-state index contributed by atoms with van der Waals surface area (Å²) >= 11 is 3.41. The van der Waals surface area contributed by atoms with Crippen molar-refractivity contribution in [1.29, 1.82) is 0 Å². The van der Waals surface area contributed by atoms with Gasteiger partial charge in [0.05, 0.1) is 0 Å². The molecule has 0 bridgehead atoms. The molecular weight excluding hydrogens is 266 g/mol. The number of carbonyl (C=O) groups excluding carboxylic acids is 1. The summed E-state index contributed by atoms with van der Waals surface area (Å²) in [5.41, 5.74) is 1.87. The maximum Gasteiger partial charge on any atom is 0.254 e. The monoisotopic (exact) mass is 281 g/mol. The molecule has 1 fully saturated rings. The second-order valence-electron chi connectivity index (χ2n) is 4.60. The highest BCUT2D eigenvalue weighted by Crippen LogP contribution is 2.22. The van der Waals surface area contributed by atoms with Crippen molar-refractivity contribution >= 4 is 21.8 Å². The van der Waals surface area contributed by atoms with Gasteiger partial charge in [-0.2, -0.15) is 0 Å². The highest BCUT2D eigenvalue weighted by atomic mass is 79.9. The Morgan fingerprint density at radius 1 is 1.50 bits per heavy atom. The lowest BCUT2D eigenvalue weighted by molar-refractivity contribution is 0.0787. The molecule has 1 heterocycles. The third kappa shape index (κ3) is 2.29. The maximum atomic E-state index is 12.3. The van der Waals surface area contributed by atoms with E-state index in [1.165, 1.54) is 0 Å². The first-order valence-electron chi connectivity index (χ1n) is 5.63. The standard InChI is InChI=1S/C13H16BrNO/c1-9-5-6-15(8-9)13(16)12-7-11(14)4-3-10(12)2/h3-4,7,9H,5-6,8H2,1-2H3. The molecule has 0 aromatic heterocycles. The van der Waals surface area contributed by atoms with Gasteiger partial charge in [-0.25, -0.2) is 0 Å². The largest absolute Gasteiger partial charge is 0.338 e. The van der Waals surface area contributed by atoms with Gasteiger partial charge in [0.1, 0.15) is 0 Å². The molecule has 0 N–H and O–H groups in total. The van der Waals surface area contributed by atoms with E-state index in [-0.39, 0.29) is 5.91 Å². The SMILES string of the molecule is Cc1ccc(Br)cc1C(=O)N1CCC(C)C1. The van der Waals surface area contributed by atoms with E-state index in [4.69, 9.17) is 0 Å². The van der Waals surface area contributed by atoms with Gasteiger partial charge >= 0.3 is 0 Å². The molecule has 1 aromatic rings. The first-order valence-corrected chi connectivity index (χ1v) is 6.42. The van der Waals surface area contributed by atoms with Gasteiger partial charge < -0.3 is 4.90 Å². The summed E-state index contributed by atoms with van der Waals surface area (Å²) in [7, 11) is 0. The molecule has 1 amide bonds. The van der Waals surface area contributed by atoms with Crippen molar-refractivity contribution in [3.05, 3.63) is 33.8 Å².